The third-order valence-corrected chi connectivity index (χ3v) is 3.52. The Bertz CT molecular complexity index is 500. The fraction of sp³-hybridized carbons (Fsp3) is 0.533. The number of amides is 1. The predicted octanol–water partition coefficient (Wildman–Crippen LogP) is 1.10. The smallest absolute Gasteiger partial charge is 0.227 e. The summed E-state index contributed by atoms with van der Waals surface area (Å²) in [5, 5.41) is 2.96. The molecule has 0 spiro atoms. The molecule has 2 rings (SSSR count). The highest BCUT2D eigenvalue weighted by Crippen LogP contribution is 2.30. The first-order valence-electron chi connectivity index (χ1n) is 6.77. The van der Waals surface area contributed by atoms with Crippen LogP contribution in [0.1, 0.15) is 19.4 Å². The van der Waals surface area contributed by atoms with Crippen molar-refractivity contribution in [1.82, 2.24) is 5.32 Å². The first-order valence-corrected chi connectivity index (χ1v) is 6.77. The van der Waals surface area contributed by atoms with Gasteiger partial charge in [-0.05, 0) is 44.0 Å². The van der Waals surface area contributed by atoms with Crippen molar-refractivity contribution in [2.45, 2.75) is 25.8 Å². The minimum Gasteiger partial charge on any atom is -0.497 e. The molecule has 1 aromatic rings. The summed E-state index contributed by atoms with van der Waals surface area (Å²) in [6, 6.07) is 5.66. The van der Waals surface area contributed by atoms with Crippen LogP contribution < -0.4 is 20.5 Å². The Balaban J connectivity index is 2.08. The molecule has 5 heteroatoms. The summed E-state index contributed by atoms with van der Waals surface area (Å²) in [6.07, 6.45) is 0.652. The quantitative estimate of drug-likeness (QED) is 0.865. The molecule has 1 amide bonds. The van der Waals surface area contributed by atoms with Gasteiger partial charge in [0.05, 0.1) is 13.0 Å². The van der Waals surface area contributed by atoms with E-state index in [1.807, 2.05) is 32.0 Å². The van der Waals surface area contributed by atoms with Gasteiger partial charge in [0.25, 0.3) is 0 Å². The maximum absolute atomic E-state index is 12.3. The highest BCUT2D eigenvalue weighted by atomic mass is 16.5. The molecule has 1 aromatic carbocycles. The Morgan fingerprint density at radius 1 is 1.55 bits per heavy atom. The van der Waals surface area contributed by atoms with E-state index in [0.717, 1.165) is 17.1 Å². The number of nitrogens with two attached hydrogens (primary N) is 1. The number of rotatable bonds is 4. The summed E-state index contributed by atoms with van der Waals surface area (Å²) < 4.78 is 10.9. The summed E-state index contributed by atoms with van der Waals surface area (Å²) >= 11 is 0. The summed E-state index contributed by atoms with van der Waals surface area (Å²) in [7, 11) is 1.62. The molecule has 0 saturated heterocycles. The van der Waals surface area contributed by atoms with Crippen LogP contribution in [-0.2, 0) is 11.2 Å². The van der Waals surface area contributed by atoms with Crippen molar-refractivity contribution in [1.29, 1.82) is 0 Å². The zero-order valence-corrected chi connectivity index (χ0v) is 12.2. The standard InChI is InChI=1S/C15H22N2O3/c1-15(2,9-16)17-14(18)11-6-10-7-12(19-3)4-5-13(10)20-8-11/h4-5,7,11H,6,8-9,16H2,1-3H3,(H,17,18). The highest BCUT2D eigenvalue weighted by Gasteiger charge is 2.29. The van der Waals surface area contributed by atoms with E-state index in [1.54, 1.807) is 7.11 Å². The lowest BCUT2D eigenvalue weighted by Gasteiger charge is -2.30. The Hall–Kier alpha value is -1.75. The van der Waals surface area contributed by atoms with E-state index in [4.69, 9.17) is 15.2 Å². The molecular formula is C15H22N2O3. The molecule has 5 nitrogen and oxygen atoms in total. The van der Waals surface area contributed by atoms with Gasteiger partial charge in [-0.25, -0.2) is 0 Å². The molecule has 0 fully saturated rings. The molecule has 0 radical (unpaired) electrons. The van der Waals surface area contributed by atoms with E-state index >= 15 is 0 Å². The third kappa shape index (κ3) is 3.22. The van der Waals surface area contributed by atoms with Crippen molar-refractivity contribution in [2.75, 3.05) is 20.3 Å². The van der Waals surface area contributed by atoms with Crippen LogP contribution in [0.3, 0.4) is 0 Å². The Morgan fingerprint density at radius 3 is 2.95 bits per heavy atom. The number of methoxy groups -OCH3 is 1. The van der Waals surface area contributed by atoms with Crippen molar-refractivity contribution in [3.63, 3.8) is 0 Å². The van der Waals surface area contributed by atoms with Crippen LogP contribution in [-0.4, -0.2) is 31.7 Å². The summed E-state index contributed by atoms with van der Waals surface area (Å²) in [6.45, 7) is 4.61. The lowest BCUT2D eigenvalue weighted by Crippen LogP contribution is -2.52. The molecule has 20 heavy (non-hydrogen) atoms. The molecule has 1 atom stereocenters. The zero-order chi connectivity index (χ0) is 14.8. The van der Waals surface area contributed by atoms with Crippen LogP contribution in [0.15, 0.2) is 18.2 Å². The molecule has 110 valence electrons. The normalized spacial score (nSPS) is 17.9. The second kappa shape index (κ2) is 5.71. The van der Waals surface area contributed by atoms with E-state index < -0.39 is 5.54 Å². The van der Waals surface area contributed by atoms with E-state index in [2.05, 4.69) is 5.32 Å². The lowest BCUT2D eigenvalue weighted by atomic mass is 9.94. The number of carbonyl (C=O) groups excluding carboxylic acids is 1. The summed E-state index contributed by atoms with van der Waals surface area (Å²) in [5.74, 6) is 1.39. The molecule has 1 aliphatic heterocycles. The van der Waals surface area contributed by atoms with Gasteiger partial charge in [-0.3, -0.25) is 4.79 Å². The van der Waals surface area contributed by atoms with E-state index in [-0.39, 0.29) is 11.8 Å². The van der Waals surface area contributed by atoms with E-state index in [9.17, 15) is 4.79 Å². The van der Waals surface area contributed by atoms with Crippen molar-refractivity contribution in [3.05, 3.63) is 23.8 Å². The van der Waals surface area contributed by atoms with Gasteiger partial charge in [0.1, 0.15) is 18.1 Å². The molecule has 0 saturated carbocycles. The molecule has 3 N–H and O–H groups in total. The summed E-state index contributed by atoms with van der Waals surface area (Å²) in [5.41, 5.74) is 6.24. The predicted molar refractivity (Wildman–Crippen MR) is 77.0 cm³/mol. The zero-order valence-electron chi connectivity index (χ0n) is 12.2. The Morgan fingerprint density at radius 2 is 2.30 bits per heavy atom. The van der Waals surface area contributed by atoms with Crippen LogP contribution in [0.2, 0.25) is 0 Å². The van der Waals surface area contributed by atoms with Gasteiger partial charge >= 0.3 is 0 Å². The number of ether oxygens (including phenoxy) is 2. The minimum atomic E-state index is -0.397. The van der Waals surface area contributed by atoms with Gasteiger partial charge < -0.3 is 20.5 Å². The largest absolute Gasteiger partial charge is 0.497 e. The van der Waals surface area contributed by atoms with E-state index in [1.165, 1.54) is 0 Å². The maximum Gasteiger partial charge on any atom is 0.227 e. The number of nitrogens with one attached hydrogen (secondary N) is 1. The number of carbonyl (C=O) groups is 1. The number of benzene rings is 1. The van der Waals surface area contributed by atoms with Gasteiger partial charge in [0.2, 0.25) is 5.91 Å². The van der Waals surface area contributed by atoms with Crippen LogP contribution in [0, 0.1) is 5.92 Å². The van der Waals surface area contributed by atoms with Crippen molar-refractivity contribution in [3.8, 4) is 11.5 Å². The van der Waals surface area contributed by atoms with Gasteiger partial charge in [0.15, 0.2) is 0 Å². The first-order chi connectivity index (χ1) is 9.45. The van der Waals surface area contributed by atoms with Gasteiger partial charge in [0, 0.05) is 12.1 Å². The van der Waals surface area contributed by atoms with E-state index in [0.29, 0.717) is 19.6 Å². The molecule has 1 unspecified atom stereocenters. The second-order valence-corrected chi connectivity index (χ2v) is 5.76. The van der Waals surface area contributed by atoms with Crippen LogP contribution >= 0.6 is 0 Å². The van der Waals surface area contributed by atoms with Crippen LogP contribution in [0.25, 0.3) is 0 Å². The monoisotopic (exact) mass is 278 g/mol. The summed E-state index contributed by atoms with van der Waals surface area (Å²) in [4.78, 5) is 12.3. The molecule has 0 aromatic heterocycles. The average molecular weight is 278 g/mol. The Kier molecular flexibility index (Phi) is 4.18. The highest BCUT2D eigenvalue weighted by molar-refractivity contribution is 5.80. The first kappa shape index (κ1) is 14.7. The van der Waals surface area contributed by atoms with Gasteiger partial charge in [-0.15, -0.1) is 0 Å². The number of hydrogen-bond donors (Lipinski definition) is 2. The van der Waals surface area contributed by atoms with Gasteiger partial charge in [-0.1, -0.05) is 0 Å². The average Bonchev–Trinajstić information content (AvgIpc) is 2.45. The molecular weight excluding hydrogens is 256 g/mol. The fourth-order valence-electron chi connectivity index (χ4n) is 2.15. The molecule has 1 heterocycles. The second-order valence-electron chi connectivity index (χ2n) is 5.76. The Labute approximate surface area is 119 Å². The van der Waals surface area contributed by atoms with Crippen LogP contribution in [0.5, 0.6) is 11.5 Å². The van der Waals surface area contributed by atoms with Gasteiger partial charge in [-0.2, -0.15) is 0 Å². The SMILES string of the molecule is COc1ccc2c(c1)CC(C(=O)NC(C)(C)CN)CO2. The topological polar surface area (TPSA) is 73.6 Å². The van der Waals surface area contributed by atoms with Crippen LogP contribution in [0.4, 0.5) is 0 Å². The molecule has 0 bridgehead atoms. The lowest BCUT2D eigenvalue weighted by molar-refractivity contribution is -0.127. The van der Waals surface area contributed by atoms with Crippen molar-refractivity contribution >= 4 is 5.91 Å². The van der Waals surface area contributed by atoms with Crippen molar-refractivity contribution in [2.24, 2.45) is 11.7 Å². The molecule has 0 aliphatic carbocycles. The maximum atomic E-state index is 12.3. The molecule has 1 aliphatic rings. The third-order valence-electron chi connectivity index (χ3n) is 3.52. The minimum absolute atomic E-state index is 0.0195. The van der Waals surface area contributed by atoms with Crippen molar-refractivity contribution < 1.29 is 14.3 Å². The fourth-order valence-corrected chi connectivity index (χ4v) is 2.15. The number of fused-ring (bicyclic) bond motifs is 1. The number of hydrogen-bond acceptors (Lipinski definition) is 4.